The molecular formula is C14H15NO3. The predicted molar refractivity (Wildman–Crippen MR) is 66.5 cm³/mol. The van der Waals surface area contributed by atoms with E-state index >= 15 is 0 Å². The summed E-state index contributed by atoms with van der Waals surface area (Å²) < 4.78 is 5.20. The van der Waals surface area contributed by atoms with Crippen LogP contribution in [-0.4, -0.2) is 17.8 Å². The van der Waals surface area contributed by atoms with E-state index in [0.717, 1.165) is 5.56 Å². The van der Waals surface area contributed by atoms with Crippen molar-refractivity contribution in [1.29, 1.82) is 0 Å². The van der Waals surface area contributed by atoms with E-state index in [1.807, 2.05) is 30.3 Å². The van der Waals surface area contributed by atoms with E-state index in [4.69, 9.17) is 4.74 Å². The molecule has 94 valence electrons. The molecule has 1 N–H and O–H groups in total. The van der Waals surface area contributed by atoms with Crippen molar-refractivity contribution in [3.8, 4) is 0 Å². The van der Waals surface area contributed by atoms with Crippen LogP contribution >= 0.6 is 0 Å². The highest BCUT2D eigenvalue weighted by molar-refractivity contribution is 5.97. The van der Waals surface area contributed by atoms with E-state index in [1.54, 1.807) is 6.92 Å². The minimum absolute atomic E-state index is 0.0598. The second-order valence-electron chi connectivity index (χ2n) is 4.26. The number of esters is 1. The molecule has 4 nitrogen and oxygen atoms in total. The van der Waals surface area contributed by atoms with Crippen LogP contribution in [0, 0.1) is 5.92 Å². The Bertz CT molecular complexity index is 467. The topological polar surface area (TPSA) is 55.4 Å². The Morgan fingerprint density at radius 2 is 2.06 bits per heavy atom. The Labute approximate surface area is 106 Å². The normalized spacial score (nSPS) is 22.4. The lowest BCUT2D eigenvalue weighted by molar-refractivity contribution is -0.150. The van der Waals surface area contributed by atoms with E-state index in [2.05, 4.69) is 5.32 Å². The Balaban J connectivity index is 1.92. The summed E-state index contributed by atoms with van der Waals surface area (Å²) in [5, 5.41) is 2.86. The standard InChI is InChI=1S/C14H15NO3/c1-10-12(16)7-8-15-13(10)14(17)18-9-11-5-3-2-4-6-11/h2-8,10,13,15H,9H2,1H3. The molecule has 0 saturated heterocycles. The molecule has 0 amide bonds. The molecule has 2 rings (SSSR count). The van der Waals surface area contributed by atoms with Crippen molar-refractivity contribution in [2.24, 2.45) is 5.92 Å². The number of nitrogens with one attached hydrogen (secondary N) is 1. The monoisotopic (exact) mass is 245 g/mol. The lowest BCUT2D eigenvalue weighted by Crippen LogP contribution is -2.45. The zero-order chi connectivity index (χ0) is 13.0. The highest BCUT2D eigenvalue weighted by Crippen LogP contribution is 2.12. The molecule has 0 aromatic heterocycles. The van der Waals surface area contributed by atoms with Gasteiger partial charge in [0.1, 0.15) is 12.6 Å². The first kappa shape index (κ1) is 12.4. The summed E-state index contributed by atoms with van der Waals surface area (Å²) >= 11 is 0. The van der Waals surface area contributed by atoms with Gasteiger partial charge in [-0.05, 0) is 11.6 Å². The third-order valence-corrected chi connectivity index (χ3v) is 2.95. The average molecular weight is 245 g/mol. The van der Waals surface area contributed by atoms with Gasteiger partial charge in [0.25, 0.3) is 0 Å². The summed E-state index contributed by atoms with van der Waals surface area (Å²) in [6.45, 7) is 1.94. The van der Waals surface area contributed by atoms with E-state index in [0.29, 0.717) is 0 Å². The van der Waals surface area contributed by atoms with Crippen LogP contribution < -0.4 is 5.32 Å². The third-order valence-electron chi connectivity index (χ3n) is 2.95. The van der Waals surface area contributed by atoms with Gasteiger partial charge in [0, 0.05) is 12.1 Å². The van der Waals surface area contributed by atoms with Crippen LogP contribution in [0.3, 0.4) is 0 Å². The van der Waals surface area contributed by atoms with Gasteiger partial charge in [0.05, 0.1) is 0 Å². The number of rotatable bonds is 3. The van der Waals surface area contributed by atoms with Gasteiger partial charge >= 0.3 is 5.97 Å². The molecular weight excluding hydrogens is 230 g/mol. The van der Waals surface area contributed by atoms with Crippen LogP contribution in [0.25, 0.3) is 0 Å². The number of hydrogen-bond acceptors (Lipinski definition) is 4. The molecule has 0 bridgehead atoms. The highest BCUT2D eigenvalue weighted by atomic mass is 16.5. The third kappa shape index (κ3) is 2.77. The molecule has 2 atom stereocenters. The molecule has 1 aliphatic rings. The quantitative estimate of drug-likeness (QED) is 0.818. The summed E-state index contributed by atoms with van der Waals surface area (Å²) in [5.41, 5.74) is 0.927. The second-order valence-corrected chi connectivity index (χ2v) is 4.26. The van der Waals surface area contributed by atoms with Crippen molar-refractivity contribution >= 4 is 11.8 Å². The Morgan fingerprint density at radius 1 is 1.33 bits per heavy atom. The molecule has 0 radical (unpaired) electrons. The van der Waals surface area contributed by atoms with Crippen LogP contribution in [0.5, 0.6) is 0 Å². The van der Waals surface area contributed by atoms with E-state index in [9.17, 15) is 9.59 Å². The summed E-state index contributed by atoms with van der Waals surface area (Å²) in [6.07, 6.45) is 2.93. The average Bonchev–Trinajstić information content (AvgIpc) is 2.40. The Hall–Kier alpha value is -2.10. The maximum absolute atomic E-state index is 11.9. The number of ether oxygens (including phenoxy) is 1. The van der Waals surface area contributed by atoms with Crippen molar-refractivity contribution in [2.45, 2.75) is 19.6 Å². The van der Waals surface area contributed by atoms with Gasteiger partial charge in [0.15, 0.2) is 5.78 Å². The Kier molecular flexibility index (Phi) is 3.77. The molecule has 1 aromatic rings. The van der Waals surface area contributed by atoms with Gasteiger partial charge in [-0.15, -0.1) is 0 Å². The summed E-state index contributed by atoms with van der Waals surface area (Å²) in [6, 6.07) is 8.85. The molecule has 4 heteroatoms. The molecule has 1 heterocycles. The lowest BCUT2D eigenvalue weighted by atomic mass is 9.95. The molecule has 18 heavy (non-hydrogen) atoms. The van der Waals surface area contributed by atoms with Gasteiger partial charge in [-0.3, -0.25) is 4.79 Å². The van der Waals surface area contributed by atoms with E-state index < -0.39 is 17.9 Å². The molecule has 0 fully saturated rings. The maximum atomic E-state index is 11.9. The molecule has 0 spiro atoms. The number of allylic oxidation sites excluding steroid dienone is 1. The zero-order valence-electron chi connectivity index (χ0n) is 10.1. The number of benzene rings is 1. The van der Waals surface area contributed by atoms with Gasteiger partial charge < -0.3 is 10.1 Å². The van der Waals surface area contributed by atoms with Crippen LogP contribution in [-0.2, 0) is 20.9 Å². The highest BCUT2D eigenvalue weighted by Gasteiger charge is 2.31. The lowest BCUT2D eigenvalue weighted by Gasteiger charge is -2.24. The Morgan fingerprint density at radius 3 is 2.78 bits per heavy atom. The maximum Gasteiger partial charge on any atom is 0.329 e. The van der Waals surface area contributed by atoms with Gasteiger partial charge in [-0.25, -0.2) is 4.79 Å². The van der Waals surface area contributed by atoms with E-state index in [-0.39, 0.29) is 12.4 Å². The summed E-state index contributed by atoms with van der Waals surface area (Å²) in [7, 11) is 0. The first-order valence-electron chi connectivity index (χ1n) is 5.85. The zero-order valence-corrected chi connectivity index (χ0v) is 10.1. The van der Waals surface area contributed by atoms with Crippen LogP contribution in [0.15, 0.2) is 42.6 Å². The van der Waals surface area contributed by atoms with Crippen molar-refractivity contribution in [3.63, 3.8) is 0 Å². The summed E-state index contributed by atoms with van der Waals surface area (Å²) in [4.78, 5) is 23.3. The van der Waals surface area contributed by atoms with Gasteiger partial charge in [-0.1, -0.05) is 37.3 Å². The van der Waals surface area contributed by atoms with Crippen LogP contribution in [0.1, 0.15) is 12.5 Å². The number of carbonyl (C=O) groups is 2. The molecule has 0 saturated carbocycles. The fourth-order valence-corrected chi connectivity index (χ4v) is 1.78. The van der Waals surface area contributed by atoms with Crippen molar-refractivity contribution in [3.05, 3.63) is 48.2 Å². The fraction of sp³-hybridized carbons (Fsp3) is 0.286. The fourth-order valence-electron chi connectivity index (χ4n) is 1.78. The molecule has 1 aliphatic heterocycles. The van der Waals surface area contributed by atoms with Crippen LogP contribution in [0.4, 0.5) is 0 Å². The first-order valence-corrected chi connectivity index (χ1v) is 5.85. The minimum atomic E-state index is -0.591. The van der Waals surface area contributed by atoms with Crippen molar-refractivity contribution in [1.82, 2.24) is 5.32 Å². The van der Waals surface area contributed by atoms with Gasteiger partial charge in [0.2, 0.25) is 0 Å². The number of carbonyl (C=O) groups excluding carboxylic acids is 2. The SMILES string of the molecule is CC1C(=O)C=CNC1C(=O)OCc1ccccc1. The van der Waals surface area contributed by atoms with Crippen LogP contribution in [0.2, 0.25) is 0 Å². The van der Waals surface area contributed by atoms with Crippen molar-refractivity contribution < 1.29 is 14.3 Å². The number of hydrogen-bond donors (Lipinski definition) is 1. The number of ketones is 1. The largest absolute Gasteiger partial charge is 0.459 e. The smallest absolute Gasteiger partial charge is 0.329 e. The first-order chi connectivity index (χ1) is 8.68. The predicted octanol–water partition coefficient (Wildman–Crippen LogP) is 1.42. The minimum Gasteiger partial charge on any atom is -0.459 e. The van der Waals surface area contributed by atoms with E-state index in [1.165, 1.54) is 12.3 Å². The molecule has 0 aliphatic carbocycles. The molecule has 2 unspecified atom stereocenters. The summed E-state index contributed by atoms with van der Waals surface area (Å²) in [5.74, 6) is -0.849. The van der Waals surface area contributed by atoms with Gasteiger partial charge in [-0.2, -0.15) is 0 Å². The second kappa shape index (κ2) is 5.49. The molecule has 1 aromatic carbocycles. The van der Waals surface area contributed by atoms with Crippen molar-refractivity contribution in [2.75, 3.05) is 0 Å².